The number of benzene rings is 1. The fourth-order valence-corrected chi connectivity index (χ4v) is 0.891. The Bertz CT molecular complexity index is 262. The largest absolute Gasteiger partial charge is 0.415 e. The number of halogens is 3. The summed E-state index contributed by atoms with van der Waals surface area (Å²) in [5.41, 5.74) is -0.292. The van der Waals surface area contributed by atoms with Crippen molar-refractivity contribution in [2.24, 2.45) is 0 Å². The molecule has 13 heavy (non-hydrogen) atoms. The molecule has 0 aromatic heterocycles. The average Bonchev–Trinajstić information content (AvgIpc) is 1.86. The van der Waals surface area contributed by atoms with Crippen molar-refractivity contribution in [3.05, 3.63) is 29.8 Å². The molecular weight excluding hydrogens is 184 g/mol. The summed E-state index contributed by atoms with van der Waals surface area (Å²) in [5, 5.41) is 0. The van der Waals surface area contributed by atoms with Crippen LogP contribution in [0.15, 0.2) is 24.3 Å². The monoisotopic (exact) mass is 194 g/mol. The van der Waals surface area contributed by atoms with Crippen molar-refractivity contribution in [3.8, 4) is 0 Å². The predicted molar refractivity (Wildman–Crippen MR) is 46.8 cm³/mol. The third-order valence-electron chi connectivity index (χ3n) is 1.45. The second-order valence-electron chi connectivity index (χ2n) is 2.31. The van der Waals surface area contributed by atoms with Gasteiger partial charge in [-0.2, -0.15) is 13.2 Å². The smallest absolute Gasteiger partial charge is 0.412 e. The van der Waals surface area contributed by atoms with Gasteiger partial charge in [0.2, 0.25) is 0 Å². The van der Waals surface area contributed by atoms with Gasteiger partial charge in [-0.15, -0.1) is 0 Å². The quantitative estimate of drug-likeness (QED) is 0.491. The Morgan fingerprint density at radius 1 is 1.00 bits per heavy atom. The Labute approximate surface area is 74.4 Å². The third-order valence-corrected chi connectivity index (χ3v) is 1.45. The lowest BCUT2D eigenvalue weighted by Crippen LogP contribution is -2.18. The van der Waals surface area contributed by atoms with E-state index in [-0.39, 0.29) is 16.4 Å². The maximum atomic E-state index is 12.0. The van der Waals surface area contributed by atoms with Crippen molar-refractivity contribution in [3.63, 3.8) is 0 Å². The highest BCUT2D eigenvalue weighted by atomic mass is 19.4. The van der Waals surface area contributed by atoms with E-state index < -0.39 is 11.7 Å². The fourth-order valence-electron chi connectivity index (χ4n) is 0.891. The minimum absolute atomic E-state index is 0. The van der Waals surface area contributed by atoms with Crippen LogP contribution in [0.3, 0.4) is 0 Å². The lowest BCUT2D eigenvalue weighted by atomic mass is 9.90. The molecule has 1 aromatic rings. The highest BCUT2D eigenvalue weighted by Gasteiger charge is 2.31. The molecule has 1 rings (SSSR count). The van der Waals surface area contributed by atoms with Gasteiger partial charge in [0.15, 0.2) is 0 Å². The second-order valence-corrected chi connectivity index (χ2v) is 2.31. The van der Waals surface area contributed by atoms with E-state index in [1.165, 1.54) is 20.0 Å². The predicted octanol–water partition coefficient (Wildman–Crippen LogP) is -0.686. The highest BCUT2D eigenvalue weighted by Crippen LogP contribution is 2.26. The van der Waals surface area contributed by atoms with Gasteiger partial charge in [0, 0.05) is 5.56 Å². The zero-order valence-corrected chi connectivity index (χ0v) is 6.94. The topological polar surface area (TPSA) is 63.0 Å². The van der Waals surface area contributed by atoms with Gasteiger partial charge in [0.05, 0.1) is 0 Å². The molecule has 0 spiro atoms. The zero-order chi connectivity index (χ0) is 8.48. The molecule has 0 aliphatic carbocycles. The van der Waals surface area contributed by atoms with E-state index >= 15 is 0 Å². The van der Waals surface area contributed by atoms with Gasteiger partial charge in [-0.05, 0) is 0 Å². The van der Waals surface area contributed by atoms with Crippen LogP contribution in [0.1, 0.15) is 5.56 Å². The van der Waals surface area contributed by atoms with E-state index in [0.717, 1.165) is 6.07 Å². The van der Waals surface area contributed by atoms with Crippen molar-refractivity contribution < 1.29 is 24.1 Å². The summed E-state index contributed by atoms with van der Waals surface area (Å²) in [6.45, 7) is 0. The van der Waals surface area contributed by atoms with Crippen molar-refractivity contribution in [1.29, 1.82) is 0 Å². The second kappa shape index (κ2) is 4.88. The molecule has 0 saturated heterocycles. The van der Waals surface area contributed by atoms with Crippen LogP contribution in [0.5, 0.6) is 0 Å². The molecule has 0 aliphatic heterocycles. The van der Waals surface area contributed by atoms with E-state index in [2.05, 4.69) is 0 Å². The van der Waals surface area contributed by atoms with Crippen LogP contribution in [0.4, 0.5) is 13.2 Å². The molecule has 0 aliphatic rings. The summed E-state index contributed by atoms with van der Waals surface area (Å²) in [7, 11) is 1.45. The lowest BCUT2D eigenvalue weighted by Gasteiger charge is -2.08. The first-order valence-corrected chi connectivity index (χ1v) is 3.14. The summed E-state index contributed by atoms with van der Waals surface area (Å²) in [6.07, 6.45) is -4.22. The average molecular weight is 194 g/mol. The van der Waals surface area contributed by atoms with Crippen LogP contribution < -0.4 is 5.46 Å². The molecule has 1 aromatic carbocycles. The number of rotatable bonds is 0. The van der Waals surface area contributed by atoms with Gasteiger partial charge < -0.3 is 11.0 Å². The minimum Gasteiger partial charge on any atom is -0.412 e. The van der Waals surface area contributed by atoms with Crippen LogP contribution >= 0.6 is 0 Å². The van der Waals surface area contributed by atoms with Crippen LogP contribution in [-0.2, 0) is 6.18 Å². The van der Waals surface area contributed by atoms with Gasteiger partial charge in [-0.1, -0.05) is 29.7 Å². The molecule has 6 heteroatoms. The first-order valence-electron chi connectivity index (χ1n) is 3.14. The summed E-state index contributed by atoms with van der Waals surface area (Å²) in [5.74, 6) is 0. The van der Waals surface area contributed by atoms with Gasteiger partial charge in [-0.25, -0.2) is 0 Å². The molecule has 0 unspecified atom stereocenters. The number of alkyl halides is 3. The van der Waals surface area contributed by atoms with Gasteiger partial charge in [0.1, 0.15) is 7.85 Å². The Balaban J connectivity index is 0. The molecule has 0 fully saturated rings. The lowest BCUT2D eigenvalue weighted by molar-refractivity contribution is -0.136. The van der Waals surface area contributed by atoms with Crippen molar-refractivity contribution in [2.75, 3.05) is 0 Å². The molecule has 0 radical (unpaired) electrons. The van der Waals surface area contributed by atoms with Crippen LogP contribution in [0.25, 0.3) is 0 Å². The SMILES string of the molecule is Bc1ccccc1C(F)(F)F.O.O. The highest BCUT2D eigenvalue weighted by molar-refractivity contribution is 6.33. The molecule has 0 heterocycles. The molecule has 0 atom stereocenters. The van der Waals surface area contributed by atoms with E-state index in [4.69, 9.17) is 0 Å². The van der Waals surface area contributed by atoms with Crippen molar-refractivity contribution in [2.45, 2.75) is 6.18 Å². The number of hydrogen-bond acceptors (Lipinski definition) is 0. The molecule has 0 amide bonds. The number of hydrogen-bond donors (Lipinski definition) is 0. The minimum atomic E-state index is -4.22. The Morgan fingerprint density at radius 2 is 1.46 bits per heavy atom. The first-order chi connectivity index (χ1) is 5.02. The standard InChI is InChI=1S/C7H6BF3.2H2O/c8-6-4-2-1-3-5(6)7(9,10)11;;/h1-4H,8H2;2*1H2. The van der Waals surface area contributed by atoms with Gasteiger partial charge in [-0.3, -0.25) is 0 Å². The Hall–Kier alpha value is -1.01. The van der Waals surface area contributed by atoms with Crippen LogP contribution in [0, 0.1) is 0 Å². The molecule has 0 bridgehead atoms. The van der Waals surface area contributed by atoms with E-state index in [1.54, 1.807) is 6.07 Å². The van der Waals surface area contributed by atoms with Crippen molar-refractivity contribution in [1.82, 2.24) is 0 Å². The van der Waals surface area contributed by atoms with E-state index in [0.29, 0.717) is 0 Å². The summed E-state index contributed by atoms with van der Waals surface area (Å²) >= 11 is 0. The maximum Gasteiger partial charge on any atom is 0.415 e. The van der Waals surface area contributed by atoms with E-state index in [1.807, 2.05) is 0 Å². The Morgan fingerprint density at radius 3 is 1.77 bits per heavy atom. The summed E-state index contributed by atoms with van der Waals surface area (Å²) in [4.78, 5) is 0. The molecule has 2 nitrogen and oxygen atoms in total. The molecule has 0 saturated carbocycles. The van der Waals surface area contributed by atoms with Gasteiger partial charge in [0.25, 0.3) is 0 Å². The zero-order valence-electron chi connectivity index (χ0n) is 6.94. The molecular formula is C7H10BF3O2. The Kier molecular flexibility index (Phi) is 5.45. The first kappa shape index (κ1) is 14.5. The van der Waals surface area contributed by atoms with Crippen molar-refractivity contribution >= 4 is 13.3 Å². The fraction of sp³-hybridized carbons (Fsp3) is 0.143. The maximum absolute atomic E-state index is 12.0. The van der Waals surface area contributed by atoms with Crippen LogP contribution in [0.2, 0.25) is 0 Å². The summed E-state index contributed by atoms with van der Waals surface area (Å²) in [6, 6.07) is 5.50. The normalized spacial score (nSPS) is 9.77. The summed E-state index contributed by atoms with van der Waals surface area (Å²) < 4.78 is 36.1. The van der Waals surface area contributed by atoms with Crippen LogP contribution in [-0.4, -0.2) is 18.8 Å². The molecule has 74 valence electrons. The molecule has 4 N–H and O–H groups in total. The van der Waals surface area contributed by atoms with E-state index in [9.17, 15) is 13.2 Å². The van der Waals surface area contributed by atoms with Gasteiger partial charge >= 0.3 is 6.18 Å². The third kappa shape index (κ3) is 3.48.